The molecule has 0 heterocycles. The summed E-state index contributed by atoms with van der Waals surface area (Å²) < 4.78 is 0. The molecule has 28 heavy (non-hydrogen) atoms. The number of hydrogen-bond donors (Lipinski definition) is 0. The van der Waals surface area contributed by atoms with Gasteiger partial charge in [0.05, 0.1) is 0 Å². The fraction of sp³-hybridized carbons (Fsp3) is 0.214. The minimum absolute atomic E-state index is 0.568. The van der Waals surface area contributed by atoms with Crippen LogP contribution in [0.15, 0.2) is 66.7 Å². The van der Waals surface area contributed by atoms with E-state index in [0.29, 0.717) is 5.92 Å². The first-order valence-electron chi connectivity index (χ1n) is 10.3. The maximum Gasteiger partial charge on any atom is -0.00962 e. The molecular weight excluding hydrogens is 336 g/mol. The highest BCUT2D eigenvalue weighted by molar-refractivity contribution is 6.07. The van der Waals surface area contributed by atoms with Crippen molar-refractivity contribution < 1.29 is 0 Å². The minimum atomic E-state index is 0.568. The van der Waals surface area contributed by atoms with Gasteiger partial charge in [-0.25, -0.2) is 0 Å². The lowest BCUT2D eigenvalue weighted by Gasteiger charge is -2.28. The lowest BCUT2D eigenvalue weighted by atomic mass is 9.75. The first kappa shape index (κ1) is 17.3. The summed E-state index contributed by atoms with van der Waals surface area (Å²) >= 11 is 0. The molecule has 0 N–H and O–H groups in total. The highest BCUT2D eigenvalue weighted by atomic mass is 14.3. The number of rotatable bonds is 0. The van der Waals surface area contributed by atoms with E-state index in [4.69, 9.17) is 0 Å². The van der Waals surface area contributed by atoms with Crippen LogP contribution in [0.3, 0.4) is 0 Å². The molecule has 0 fully saturated rings. The van der Waals surface area contributed by atoms with E-state index < -0.39 is 0 Å². The van der Waals surface area contributed by atoms with Crippen molar-refractivity contribution in [3.8, 4) is 22.3 Å². The van der Waals surface area contributed by atoms with Crippen molar-refractivity contribution in [3.05, 3.63) is 94.6 Å². The van der Waals surface area contributed by atoms with E-state index in [1.165, 1.54) is 61.2 Å². The normalized spacial score (nSPS) is 17.2. The highest BCUT2D eigenvalue weighted by Gasteiger charge is 2.25. The molecule has 0 radical (unpaired) electrons. The molecule has 0 bridgehead atoms. The van der Waals surface area contributed by atoms with E-state index in [2.05, 4.69) is 94.4 Å². The second-order valence-corrected chi connectivity index (χ2v) is 8.58. The van der Waals surface area contributed by atoms with Crippen LogP contribution in [0.1, 0.15) is 41.2 Å². The zero-order valence-electron chi connectivity index (χ0n) is 17.1. The molecule has 1 atom stereocenters. The fourth-order valence-electron chi connectivity index (χ4n) is 4.74. The van der Waals surface area contributed by atoms with Crippen molar-refractivity contribution in [1.82, 2.24) is 0 Å². The van der Waals surface area contributed by atoms with E-state index in [1.54, 1.807) is 0 Å². The number of allylic oxidation sites excluding steroid dienone is 4. The van der Waals surface area contributed by atoms with Crippen LogP contribution in [-0.2, 0) is 0 Å². The van der Waals surface area contributed by atoms with Gasteiger partial charge in [-0.1, -0.05) is 90.4 Å². The molecule has 0 aliphatic heterocycles. The SMILES string of the molecule is Cc1ccc2c(c1)C1=C(C=CC(C)C1)c1ccc(C)cc1-c1cc(C)ccc1-2. The largest absolute Gasteiger partial charge is 0.0807 e. The summed E-state index contributed by atoms with van der Waals surface area (Å²) in [5.41, 5.74) is 15.0. The van der Waals surface area contributed by atoms with Crippen LogP contribution in [0.5, 0.6) is 0 Å². The van der Waals surface area contributed by atoms with E-state index in [9.17, 15) is 0 Å². The Bertz CT molecular complexity index is 1170. The van der Waals surface area contributed by atoms with Gasteiger partial charge < -0.3 is 0 Å². The van der Waals surface area contributed by atoms with Crippen LogP contribution in [0, 0.1) is 26.7 Å². The van der Waals surface area contributed by atoms with Gasteiger partial charge in [-0.15, -0.1) is 0 Å². The maximum atomic E-state index is 2.39. The summed E-state index contributed by atoms with van der Waals surface area (Å²) in [6.07, 6.45) is 5.83. The molecule has 2 aliphatic carbocycles. The van der Waals surface area contributed by atoms with Gasteiger partial charge in [0.25, 0.3) is 0 Å². The molecule has 3 aromatic carbocycles. The summed E-state index contributed by atoms with van der Waals surface area (Å²) in [5, 5.41) is 0. The van der Waals surface area contributed by atoms with Gasteiger partial charge >= 0.3 is 0 Å². The zero-order chi connectivity index (χ0) is 19.4. The highest BCUT2D eigenvalue weighted by Crippen LogP contribution is 2.48. The monoisotopic (exact) mass is 362 g/mol. The second-order valence-electron chi connectivity index (χ2n) is 8.58. The van der Waals surface area contributed by atoms with Gasteiger partial charge in [-0.05, 0) is 77.6 Å². The van der Waals surface area contributed by atoms with E-state index in [0.717, 1.165) is 6.42 Å². The molecule has 1 unspecified atom stereocenters. The van der Waals surface area contributed by atoms with Gasteiger partial charge in [0.2, 0.25) is 0 Å². The molecule has 0 heteroatoms. The zero-order valence-corrected chi connectivity index (χ0v) is 17.1. The maximum absolute atomic E-state index is 2.39. The Morgan fingerprint density at radius 2 is 1.11 bits per heavy atom. The first-order chi connectivity index (χ1) is 13.5. The topological polar surface area (TPSA) is 0 Å². The minimum Gasteiger partial charge on any atom is -0.0807 e. The Labute approximate surface area is 168 Å². The molecule has 5 rings (SSSR count). The van der Waals surface area contributed by atoms with E-state index >= 15 is 0 Å². The standard InChI is InChI=1S/C28H26/c1-17-5-9-21-22-10-6-19(3)15-27(22)28-16-20(4)8-12-24(28)23-11-7-18(2)14-26(23)25(21)13-17/h5-15,20H,16H2,1-4H3. The predicted molar refractivity (Wildman–Crippen MR) is 121 cm³/mol. The van der Waals surface area contributed by atoms with Crippen molar-refractivity contribution in [2.45, 2.75) is 34.1 Å². The third-order valence-electron chi connectivity index (χ3n) is 6.16. The Morgan fingerprint density at radius 1 is 0.607 bits per heavy atom. The van der Waals surface area contributed by atoms with Gasteiger partial charge in [0.1, 0.15) is 0 Å². The van der Waals surface area contributed by atoms with Crippen LogP contribution in [0.4, 0.5) is 0 Å². The Hall–Kier alpha value is -2.86. The Balaban J connectivity index is 1.97. The molecule has 3 aromatic rings. The lowest BCUT2D eigenvalue weighted by Crippen LogP contribution is -2.07. The first-order valence-corrected chi connectivity index (χ1v) is 10.3. The van der Waals surface area contributed by atoms with E-state index in [-0.39, 0.29) is 0 Å². The summed E-state index contributed by atoms with van der Waals surface area (Å²) in [6.45, 7) is 8.91. The predicted octanol–water partition coefficient (Wildman–Crippen LogP) is 7.77. The van der Waals surface area contributed by atoms with Crippen LogP contribution >= 0.6 is 0 Å². The van der Waals surface area contributed by atoms with Gasteiger partial charge in [-0.2, -0.15) is 0 Å². The summed E-state index contributed by atoms with van der Waals surface area (Å²) in [7, 11) is 0. The summed E-state index contributed by atoms with van der Waals surface area (Å²) in [6, 6.07) is 20.8. The third-order valence-corrected chi connectivity index (χ3v) is 6.16. The van der Waals surface area contributed by atoms with Crippen LogP contribution in [-0.4, -0.2) is 0 Å². The summed E-state index contributed by atoms with van der Waals surface area (Å²) in [4.78, 5) is 0. The molecule has 2 aliphatic rings. The van der Waals surface area contributed by atoms with Crippen LogP contribution in [0.2, 0.25) is 0 Å². The van der Waals surface area contributed by atoms with Crippen molar-refractivity contribution in [2.75, 3.05) is 0 Å². The molecule has 0 saturated heterocycles. The van der Waals surface area contributed by atoms with Crippen molar-refractivity contribution in [2.24, 2.45) is 5.92 Å². The van der Waals surface area contributed by atoms with Crippen LogP contribution in [0.25, 0.3) is 33.4 Å². The molecule has 0 saturated carbocycles. The molecule has 138 valence electrons. The Morgan fingerprint density at radius 3 is 1.75 bits per heavy atom. The van der Waals surface area contributed by atoms with E-state index in [1.807, 2.05) is 0 Å². The third kappa shape index (κ3) is 2.67. The molecule has 0 amide bonds. The number of hydrogen-bond acceptors (Lipinski definition) is 0. The average Bonchev–Trinajstić information content (AvgIpc) is 2.67. The summed E-state index contributed by atoms with van der Waals surface area (Å²) in [5.74, 6) is 0.568. The number of fused-ring (bicyclic) bond motifs is 7. The average molecular weight is 363 g/mol. The van der Waals surface area contributed by atoms with Gasteiger partial charge in [0, 0.05) is 0 Å². The number of benzene rings is 3. The molecule has 0 aromatic heterocycles. The van der Waals surface area contributed by atoms with Gasteiger partial charge in [-0.3, -0.25) is 0 Å². The van der Waals surface area contributed by atoms with Crippen molar-refractivity contribution >= 4 is 11.1 Å². The Kier molecular flexibility index (Phi) is 3.91. The molecular formula is C28H26. The molecule has 0 spiro atoms. The fourth-order valence-corrected chi connectivity index (χ4v) is 4.74. The quantitative estimate of drug-likeness (QED) is 0.383. The smallest absolute Gasteiger partial charge is 0.00962 e. The van der Waals surface area contributed by atoms with Gasteiger partial charge in [0.15, 0.2) is 0 Å². The second kappa shape index (κ2) is 6.34. The lowest BCUT2D eigenvalue weighted by molar-refractivity contribution is 0.751. The van der Waals surface area contributed by atoms with Crippen molar-refractivity contribution in [1.29, 1.82) is 0 Å². The molecule has 0 nitrogen and oxygen atoms in total. The van der Waals surface area contributed by atoms with Crippen LogP contribution < -0.4 is 0 Å². The number of aryl methyl sites for hydroxylation is 3. The van der Waals surface area contributed by atoms with Crippen molar-refractivity contribution in [3.63, 3.8) is 0 Å².